The van der Waals surface area contributed by atoms with Crippen LogP contribution in [0.5, 0.6) is 5.75 Å². The lowest BCUT2D eigenvalue weighted by Gasteiger charge is -2.10. The third kappa shape index (κ3) is 5.94. The fourth-order valence-corrected chi connectivity index (χ4v) is 2.59. The molecule has 5 heteroatoms. The average Bonchev–Trinajstić information content (AvgIpc) is 2.74. The number of hydrogen-bond donors (Lipinski definition) is 2. The van der Waals surface area contributed by atoms with Gasteiger partial charge in [-0.3, -0.25) is 9.59 Å². The third-order valence-corrected chi connectivity index (χ3v) is 4.28. The Hall–Kier alpha value is -3.60. The summed E-state index contributed by atoms with van der Waals surface area (Å²) >= 11 is 0. The van der Waals surface area contributed by atoms with Crippen LogP contribution in [-0.2, 0) is 11.4 Å². The Kier molecular flexibility index (Phi) is 6.63. The van der Waals surface area contributed by atoms with Crippen molar-refractivity contribution in [3.63, 3.8) is 0 Å². The third-order valence-electron chi connectivity index (χ3n) is 4.28. The van der Waals surface area contributed by atoms with Gasteiger partial charge in [-0.1, -0.05) is 50.2 Å². The second-order valence-corrected chi connectivity index (χ2v) is 6.98. The number of hydrogen-bond acceptors (Lipinski definition) is 3. The smallest absolute Gasteiger partial charge is 0.255 e. The van der Waals surface area contributed by atoms with Crippen LogP contribution < -0.4 is 15.4 Å². The first-order chi connectivity index (χ1) is 14.0. The number of carbonyl (C=O) groups is 2. The van der Waals surface area contributed by atoms with Gasteiger partial charge in [-0.15, -0.1) is 0 Å². The molecule has 3 aromatic rings. The quantitative estimate of drug-likeness (QED) is 0.591. The molecule has 0 aliphatic rings. The Bertz CT molecular complexity index is 967. The lowest BCUT2D eigenvalue weighted by molar-refractivity contribution is -0.118. The maximum atomic E-state index is 12.6. The van der Waals surface area contributed by atoms with E-state index in [0.717, 1.165) is 5.56 Å². The van der Waals surface area contributed by atoms with Gasteiger partial charge in [0.05, 0.1) is 0 Å². The standard InChI is InChI=1S/C24H24N2O3/c1-17(2)23(27)25-20-11-13-21(14-12-20)26-24(28)19-9-6-10-22(15-19)29-16-18-7-4-3-5-8-18/h3-15,17H,16H2,1-2H3,(H,25,27)(H,26,28). The van der Waals surface area contributed by atoms with Gasteiger partial charge in [-0.2, -0.15) is 0 Å². The van der Waals surface area contributed by atoms with Crippen molar-refractivity contribution in [3.05, 3.63) is 90.0 Å². The molecule has 29 heavy (non-hydrogen) atoms. The fourth-order valence-electron chi connectivity index (χ4n) is 2.59. The SMILES string of the molecule is CC(C)C(=O)Nc1ccc(NC(=O)c2cccc(OCc3ccccc3)c2)cc1. The number of ether oxygens (including phenoxy) is 1. The van der Waals surface area contributed by atoms with Crippen LogP contribution in [0.2, 0.25) is 0 Å². The number of carbonyl (C=O) groups excluding carboxylic acids is 2. The van der Waals surface area contributed by atoms with E-state index in [2.05, 4.69) is 10.6 Å². The molecule has 2 amide bonds. The van der Waals surface area contributed by atoms with Gasteiger partial charge >= 0.3 is 0 Å². The molecule has 0 atom stereocenters. The van der Waals surface area contributed by atoms with E-state index in [1.54, 1.807) is 42.5 Å². The molecule has 3 aromatic carbocycles. The Labute approximate surface area is 170 Å². The lowest BCUT2D eigenvalue weighted by atomic mass is 10.2. The first-order valence-corrected chi connectivity index (χ1v) is 9.50. The summed E-state index contributed by atoms with van der Waals surface area (Å²) < 4.78 is 5.78. The molecule has 0 aliphatic carbocycles. The largest absolute Gasteiger partial charge is 0.489 e. The van der Waals surface area contributed by atoms with Crippen molar-refractivity contribution in [2.45, 2.75) is 20.5 Å². The van der Waals surface area contributed by atoms with Crippen LogP contribution in [0.15, 0.2) is 78.9 Å². The van der Waals surface area contributed by atoms with Crippen molar-refractivity contribution in [1.82, 2.24) is 0 Å². The van der Waals surface area contributed by atoms with E-state index in [0.29, 0.717) is 29.3 Å². The Morgan fingerprint density at radius 2 is 1.48 bits per heavy atom. The Morgan fingerprint density at radius 1 is 0.828 bits per heavy atom. The summed E-state index contributed by atoms with van der Waals surface area (Å²) in [4.78, 5) is 24.3. The van der Waals surface area contributed by atoms with E-state index in [1.165, 1.54) is 0 Å². The highest BCUT2D eigenvalue weighted by Gasteiger charge is 2.09. The van der Waals surface area contributed by atoms with Gasteiger partial charge in [0.2, 0.25) is 5.91 Å². The highest BCUT2D eigenvalue weighted by Crippen LogP contribution is 2.18. The summed E-state index contributed by atoms with van der Waals surface area (Å²) in [5.41, 5.74) is 2.91. The zero-order valence-electron chi connectivity index (χ0n) is 16.5. The van der Waals surface area contributed by atoms with Crippen LogP contribution in [0.25, 0.3) is 0 Å². The van der Waals surface area contributed by atoms with E-state index in [1.807, 2.05) is 50.2 Å². The number of amides is 2. The van der Waals surface area contributed by atoms with Gasteiger partial charge < -0.3 is 15.4 Å². The molecule has 2 N–H and O–H groups in total. The number of nitrogens with one attached hydrogen (secondary N) is 2. The molecule has 3 rings (SSSR count). The minimum Gasteiger partial charge on any atom is -0.489 e. The molecular formula is C24H24N2O3. The van der Waals surface area contributed by atoms with E-state index in [-0.39, 0.29) is 17.7 Å². The van der Waals surface area contributed by atoms with Gasteiger partial charge in [0.25, 0.3) is 5.91 Å². The molecule has 0 aromatic heterocycles. The minimum atomic E-state index is -0.228. The number of anilines is 2. The molecule has 5 nitrogen and oxygen atoms in total. The van der Waals surface area contributed by atoms with E-state index in [9.17, 15) is 9.59 Å². The highest BCUT2D eigenvalue weighted by atomic mass is 16.5. The fraction of sp³-hybridized carbons (Fsp3) is 0.167. The van der Waals surface area contributed by atoms with Crippen molar-refractivity contribution in [2.24, 2.45) is 5.92 Å². The van der Waals surface area contributed by atoms with Gasteiger partial charge in [0, 0.05) is 22.9 Å². The van der Waals surface area contributed by atoms with Crippen LogP contribution in [0.3, 0.4) is 0 Å². The molecule has 0 unspecified atom stereocenters. The van der Waals surface area contributed by atoms with Gasteiger partial charge in [0.15, 0.2) is 0 Å². The predicted octanol–water partition coefficient (Wildman–Crippen LogP) is 5.11. The molecule has 0 spiro atoms. The van der Waals surface area contributed by atoms with Crippen LogP contribution in [-0.4, -0.2) is 11.8 Å². The van der Waals surface area contributed by atoms with Crippen molar-refractivity contribution < 1.29 is 14.3 Å². The summed E-state index contributed by atoms with van der Waals surface area (Å²) in [5.74, 6) is 0.266. The van der Waals surface area contributed by atoms with Crippen molar-refractivity contribution in [3.8, 4) is 5.75 Å². The lowest BCUT2D eigenvalue weighted by Crippen LogP contribution is -2.17. The van der Waals surface area contributed by atoms with Gasteiger partial charge in [0.1, 0.15) is 12.4 Å². The second-order valence-electron chi connectivity index (χ2n) is 6.98. The molecule has 0 fully saturated rings. The van der Waals surface area contributed by atoms with Gasteiger partial charge in [-0.25, -0.2) is 0 Å². The Balaban J connectivity index is 1.59. The van der Waals surface area contributed by atoms with E-state index in [4.69, 9.17) is 4.74 Å². The molecule has 0 aliphatic heterocycles. The monoisotopic (exact) mass is 388 g/mol. The second kappa shape index (κ2) is 9.55. The molecule has 0 saturated heterocycles. The number of benzene rings is 3. The summed E-state index contributed by atoms with van der Waals surface area (Å²) in [6.45, 7) is 4.11. The normalized spacial score (nSPS) is 10.4. The van der Waals surface area contributed by atoms with Crippen molar-refractivity contribution in [2.75, 3.05) is 10.6 Å². The van der Waals surface area contributed by atoms with E-state index >= 15 is 0 Å². The number of rotatable bonds is 7. The molecule has 0 heterocycles. The Morgan fingerprint density at radius 3 is 2.14 bits per heavy atom. The zero-order chi connectivity index (χ0) is 20.6. The molecule has 0 radical (unpaired) electrons. The topological polar surface area (TPSA) is 67.4 Å². The minimum absolute atomic E-state index is 0.0471. The maximum absolute atomic E-state index is 12.6. The molecular weight excluding hydrogens is 364 g/mol. The zero-order valence-corrected chi connectivity index (χ0v) is 16.5. The van der Waals surface area contributed by atoms with Crippen molar-refractivity contribution in [1.29, 1.82) is 0 Å². The molecule has 0 saturated carbocycles. The first kappa shape index (κ1) is 20.1. The predicted molar refractivity (Wildman–Crippen MR) is 115 cm³/mol. The molecule has 0 bridgehead atoms. The van der Waals surface area contributed by atoms with Crippen LogP contribution >= 0.6 is 0 Å². The van der Waals surface area contributed by atoms with Crippen LogP contribution in [0.4, 0.5) is 11.4 Å². The van der Waals surface area contributed by atoms with E-state index < -0.39 is 0 Å². The highest BCUT2D eigenvalue weighted by molar-refractivity contribution is 6.04. The average molecular weight is 388 g/mol. The maximum Gasteiger partial charge on any atom is 0.255 e. The first-order valence-electron chi connectivity index (χ1n) is 9.50. The summed E-state index contributed by atoms with van der Waals surface area (Å²) in [6.07, 6.45) is 0. The summed E-state index contributed by atoms with van der Waals surface area (Å²) in [6, 6.07) is 24.0. The van der Waals surface area contributed by atoms with Crippen LogP contribution in [0, 0.1) is 5.92 Å². The summed E-state index contributed by atoms with van der Waals surface area (Å²) in [5, 5.41) is 5.68. The van der Waals surface area contributed by atoms with Gasteiger partial charge in [-0.05, 0) is 48.0 Å². The summed E-state index contributed by atoms with van der Waals surface area (Å²) in [7, 11) is 0. The van der Waals surface area contributed by atoms with Crippen LogP contribution in [0.1, 0.15) is 29.8 Å². The van der Waals surface area contributed by atoms with Crippen molar-refractivity contribution >= 4 is 23.2 Å². The molecule has 148 valence electrons.